The van der Waals surface area contributed by atoms with Gasteiger partial charge >= 0.3 is 5.97 Å². The van der Waals surface area contributed by atoms with Crippen LogP contribution in [0.5, 0.6) is 0 Å². The van der Waals surface area contributed by atoms with Crippen LogP contribution in [0.4, 0.5) is 5.69 Å². The van der Waals surface area contributed by atoms with Crippen LogP contribution in [-0.4, -0.2) is 22.6 Å². The van der Waals surface area contributed by atoms with E-state index in [1.165, 1.54) is 12.1 Å². The Balaban J connectivity index is 3.08. The molecule has 0 bridgehead atoms. The number of esters is 1. The Labute approximate surface area is 114 Å². The lowest BCUT2D eigenvalue weighted by Crippen LogP contribution is -2.14. The first kappa shape index (κ1) is 15.1. The van der Waals surface area contributed by atoms with Crippen molar-refractivity contribution in [3.05, 3.63) is 51.1 Å². The lowest BCUT2D eigenvalue weighted by Gasteiger charge is -2.14. The molecule has 0 fully saturated rings. The summed E-state index contributed by atoms with van der Waals surface area (Å²) in [6.07, 6.45) is -1.45. The Morgan fingerprint density at radius 1 is 1.63 bits per heavy atom. The quantitative estimate of drug-likeness (QED) is 0.388. The van der Waals surface area contributed by atoms with Gasteiger partial charge in [0.25, 0.3) is 5.69 Å². The highest BCUT2D eigenvalue weighted by molar-refractivity contribution is 6.31. The van der Waals surface area contributed by atoms with E-state index in [1.54, 1.807) is 6.92 Å². The molecule has 1 rings (SSSR count). The van der Waals surface area contributed by atoms with Crippen molar-refractivity contribution in [1.29, 1.82) is 0 Å². The van der Waals surface area contributed by atoms with E-state index in [-0.39, 0.29) is 28.5 Å². The highest BCUT2D eigenvalue weighted by Gasteiger charge is 2.23. The molecule has 0 radical (unpaired) electrons. The number of aliphatic hydroxyl groups is 1. The lowest BCUT2D eigenvalue weighted by atomic mass is 10.0. The molecular weight excluding hydrogens is 274 g/mol. The van der Waals surface area contributed by atoms with Crippen molar-refractivity contribution in [2.45, 2.75) is 13.0 Å². The normalized spacial score (nSPS) is 11.7. The number of nitrogens with zero attached hydrogens (tertiary/aromatic N) is 1. The zero-order valence-corrected chi connectivity index (χ0v) is 10.9. The van der Waals surface area contributed by atoms with Crippen molar-refractivity contribution in [1.82, 2.24) is 0 Å². The number of nitro benzene ring substituents is 1. The molecule has 0 heterocycles. The Bertz CT molecular complexity index is 529. The zero-order valence-electron chi connectivity index (χ0n) is 10.1. The van der Waals surface area contributed by atoms with E-state index in [1.807, 2.05) is 0 Å². The van der Waals surface area contributed by atoms with Gasteiger partial charge in [-0.1, -0.05) is 18.2 Å². The molecule has 0 amide bonds. The first-order chi connectivity index (χ1) is 8.88. The van der Waals surface area contributed by atoms with E-state index in [2.05, 4.69) is 11.3 Å². The van der Waals surface area contributed by atoms with Gasteiger partial charge in [-0.2, -0.15) is 0 Å². The maximum absolute atomic E-state index is 11.4. The van der Waals surface area contributed by atoms with Gasteiger partial charge in [0.1, 0.15) is 6.10 Å². The first-order valence-electron chi connectivity index (χ1n) is 5.36. The Morgan fingerprint density at radius 2 is 2.26 bits per heavy atom. The van der Waals surface area contributed by atoms with E-state index >= 15 is 0 Å². The van der Waals surface area contributed by atoms with Gasteiger partial charge in [0.05, 0.1) is 17.1 Å². The van der Waals surface area contributed by atoms with Gasteiger partial charge in [-0.3, -0.25) is 10.1 Å². The minimum atomic E-state index is -1.45. The van der Waals surface area contributed by atoms with Crippen LogP contribution in [0.2, 0.25) is 5.02 Å². The number of nitro groups is 1. The molecule has 0 aliphatic rings. The Morgan fingerprint density at radius 3 is 2.79 bits per heavy atom. The second-order valence-electron chi connectivity index (χ2n) is 3.61. The molecule has 1 aromatic rings. The predicted octanol–water partition coefficient (Wildman–Crippen LogP) is 2.40. The summed E-state index contributed by atoms with van der Waals surface area (Å²) in [4.78, 5) is 21.5. The summed E-state index contributed by atoms with van der Waals surface area (Å²) in [6.45, 7) is 5.15. The zero-order chi connectivity index (χ0) is 14.6. The summed E-state index contributed by atoms with van der Waals surface area (Å²) in [5, 5.41) is 20.7. The molecule has 7 heteroatoms. The number of aliphatic hydroxyl groups excluding tert-OH is 1. The number of carbonyl (C=O) groups is 1. The van der Waals surface area contributed by atoms with Crippen LogP contribution in [0, 0.1) is 10.1 Å². The maximum atomic E-state index is 11.4. The predicted molar refractivity (Wildman–Crippen MR) is 68.8 cm³/mol. The number of non-ortho nitro benzene ring substituents is 1. The molecule has 0 aliphatic heterocycles. The van der Waals surface area contributed by atoms with Crippen molar-refractivity contribution in [3.8, 4) is 0 Å². The summed E-state index contributed by atoms with van der Waals surface area (Å²) in [5.74, 6) is -0.780. The van der Waals surface area contributed by atoms with E-state index in [4.69, 9.17) is 11.6 Å². The fourth-order valence-electron chi connectivity index (χ4n) is 1.38. The molecule has 0 aromatic heterocycles. The minimum absolute atomic E-state index is 0.0360. The third-order valence-electron chi connectivity index (χ3n) is 2.35. The van der Waals surface area contributed by atoms with Crippen molar-refractivity contribution >= 4 is 23.3 Å². The molecule has 0 saturated carbocycles. The molecule has 0 saturated heterocycles. The third kappa shape index (κ3) is 3.52. The van der Waals surface area contributed by atoms with E-state index in [0.29, 0.717) is 0 Å². The molecule has 19 heavy (non-hydrogen) atoms. The fraction of sp³-hybridized carbons (Fsp3) is 0.250. The van der Waals surface area contributed by atoms with Gasteiger partial charge in [0.2, 0.25) is 0 Å². The number of hydrogen-bond donors (Lipinski definition) is 1. The molecule has 1 atom stereocenters. The van der Waals surface area contributed by atoms with E-state index in [0.717, 1.165) is 6.07 Å². The van der Waals surface area contributed by atoms with Crippen LogP contribution < -0.4 is 0 Å². The smallest absolute Gasteiger partial charge is 0.336 e. The van der Waals surface area contributed by atoms with Crippen molar-refractivity contribution in [3.63, 3.8) is 0 Å². The van der Waals surface area contributed by atoms with Crippen LogP contribution >= 0.6 is 11.6 Å². The van der Waals surface area contributed by atoms with Crippen molar-refractivity contribution in [2.75, 3.05) is 6.61 Å². The van der Waals surface area contributed by atoms with Gasteiger partial charge in [-0.05, 0) is 13.0 Å². The Hall–Kier alpha value is -1.92. The minimum Gasteiger partial charge on any atom is -0.463 e. The molecule has 0 spiro atoms. The monoisotopic (exact) mass is 285 g/mol. The summed E-state index contributed by atoms with van der Waals surface area (Å²) < 4.78 is 4.69. The molecule has 1 aromatic carbocycles. The van der Waals surface area contributed by atoms with Crippen molar-refractivity contribution < 1.29 is 19.6 Å². The average molecular weight is 286 g/mol. The maximum Gasteiger partial charge on any atom is 0.336 e. The van der Waals surface area contributed by atoms with Crippen LogP contribution in [-0.2, 0) is 9.53 Å². The molecule has 1 N–H and O–H groups in total. The molecule has 6 nitrogen and oxygen atoms in total. The largest absolute Gasteiger partial charge is 0.463 e. The number of hydrogen-bond acceptors (Lipinski definition) is 5. The number of halogens is 1. The fourth-order valence-corrected chi connectivity index (χ4v) is 1.60. The number of carbonyl (C=O) groups excluding carboxylic acids is 1. The van der Waals surface area contributed by atoms with E-state index < -0.39 is 17.0 Å². The van der Waals surface area contributed by atoms with Crippen LogP contribution in [0.1, 0.15) is 18.6 Å². The summed E-state index contributed by atoms with van der Waals surface area (Å²) in [6, 6.07) is 3.57. The number of benzene rings is 1. The van der Waals surface area contributed by atoms with Gasteiger partial charge in [-0.25, -0.2) is 4.79 Å². The number of ether oxygens (including phenoxy) is 1. The van der Waals surface area contributed by atoms with Gasteiger partial charge < -0.3 is 9.84 Å². The highest BCUT2D eigenvalue weighted by Crippen LogP contribution is 2.31. The summed E-state index contributed by atoms with van der Waals surface area (Å²) in [7, 11) is 0. The van der Waals surface area contributed by atoms with Gasteiger partial charge in [0, 0.05) is 22.7 Å². The molecule has 0 aliphatic carbocycles. The van der Waals surface area contributed by atoms with E-state index in [9.17, 15) is 20.0 Å². The standard InChI is InChI=1S/C12H12ClNO5/c1-3-19-12(16)7(2)11(15)9-6-8(14(17)18)4-5-10(9)13/h4-6,11,15H,2-3H2,1H3. The molecular formula is C12H12ClNO5. The summed E-state index contributed by atoms with van der Waals surface area (Å²) in [5.41, 5.74) is -0.437. The average Bonchev–Trinajstić information content (AvgIpc) is 2.37. The summed E-state index contributed by atoms with van der Waals surface area (Å²) >= 11 is 5.85. The topological polar surface area (TPSA) is 89.7 Å². The third-order valence-corrected chi connectivity index (χ3v) is 2.70. The Kier molecular flexibility index (Phi) is 5.02. The van der Waals surface area contributed by atoms with Gasteiger partial charge in [-0.15, -0.1) is 0 Å². The van der Waals surface area contributed by atoms with Gasteiger partial charge in [0.15, 0.2) is 0 Å². The van der Waals surface area contributed by atoms with Crippen LogP contribution in [0.15, 0.2) is 30.4 Å². The van der Waals surface area contributed by atoms with Crippen LogP contribution in [0.3, 0.4) is 0 Å². The second-order valence-corrected chi connectivity index (χ2v) is 4.02. The lowest BCUT2D eigenvalue weighted by molar-refractivity contribution is -0.385. The second kappa shape index (κ2) is 6.31. The first-order valence-corrected chi connectivity index (χ1v) is 5.74. The molecule has 1 unspecified atom stereocenters. The number of rotatable bonds is 5. The van der Waals surface area contributed by atoms with Crippen LogP contribution in [0.25, 0.3) is 0 Å². The molecule has 102 valence electrons. The van der Waals surface area contributed by atoms with Crippen molar-refractivity contribution in [2.24, 2.45) is 0 Å². The SMILES string of the molecule is C=C(C(=O)OCC)C(O)c1cc([N+](=O)[O-])ccc1Cl. The highest BCUT2D eigenvalue weighted by atomic mass is 35.5.